The van der Waals surface area contributed by atoms with Gasteiger partial charge >= 0.3 is 12.1 Å². The number of nitrogens with one attached hydrogen (secondary N) is 1. The first-order valence-electron chi connectivity index (χ1n) is 12.1. The highest BCUT2D eigenvalue weighted by Gasteiger charge is 2.41. The average molecular weight is 513 g/mol. The number of aliphatic imine (C=N–C) groups is 1. The maximum absolute atomic E-state index is 13.1. The molecule has 0 aromatic heterocycles. The Kier molecular flexibility index (Phi) is 6.45. The van der Waals surface area contributed by atoms with Crippen LogP contribution in [0, 0.1) is 11.8 Å². The Labute approximate surface area is 211 Å². The smallest absolute Gasteiger partial charge is 0.416 e. The minimum absolute atomic E-state index is 0.0832. The van der Waals surface area contributed by atoms with Gasteiger partial charge in [-0.05, 0) is 54.0 Å². The van der Waals surface area contributed by atoms with Gasteiger partial charge in [0.25, 0.3) is 0 Å². The Morgan fingerprint density at radius 3 is 2.59 bits per heavy atom. The van der Waals surface area contributed by atoms with Crippen LogP contribution in [0.3, 0.4) is 0 Å². The van der Waals surface area contributed by atoms with Crippen LogP contribution >= 0.6 is 0 Å². The van der Waals surface area contributed by atoms with Crippen LogP contribution in [0.1, 0.15) is 54.0 Å². The lowest BCUT2D eigenvalue weighted by Gasteiger charge is -2.36. The van der Waals surface area contributed by atoms with Gasteiger partial charge in [-0.15, -0.1) is 0 Å². The summed E-state index contributed by atoms with van der Waals surface area (Å²) in [6.45, 7) is 0. The number of aliphatic carboxylic acids is 1. The number of carbonyl (C=O) groups is 1. The molecular weight excluding hydrogens is 485 g/mol. The topological polar surface area (TPSA) is 111 Å². The zero-order chi connectivity index (χ0) is 26.3. The number of amidine groups is 1. The molecule has 3 aliphatic rings. The molecule has 0 bridgehead atoms. The van der Waals surface area contributed by atoms with E-state index >= 15 is 0 Å². The Bertz CT molecular complexity index is 1290. The number of carboxylic acid groups (broad SMARTS) is 1. The van der Waals surface area contributed by atoms with Crippen molar-refractivity contribution < 1.29 is 28.2 Å². The van der Waals surface area contributed by atoms with Crippen molar-refractivity contribution in [2.24, 2.45) is 22.6 Å². The number of benzene rings is 2. The summed E-state index contributed by atoms with van der Waals surface area (Å²) in [7, 11) is 0. The summed E-state index contributed by atoms with van der Waals surface area (Å²) in [4.78, 5) is 17.8. The Morgan fingerprint density at radius 2 is 1.89 bits per heavy atom. The van der Waals surface area contributed by atoms with Crippen molar-refractivity contribution >= 4 is 17.5 Å². The highest BCUT2D eigenvalue weighted by Crippen LogP contribution is 2.40. The molecule has 4 atom stereocenters. The minimum atomic E-state index is -4.50. The van der Waals surface area contributed by atoms with Crippen molar-refractivity contribution in [1.82, 2.24) is 10.2 Å². The van der Waals surface area contributed by atoms with Gasteiger partial charge in [0.15, 0.2) is 0 Å². The molecule has 0 spiro atoms. The van der Waals surface area contributed by atoms with Crippen molar-refractivity contribution in [2.45, 2.75) is 44.1 Å². The fraction of sp³-hybridized carbons (Fsp3) is 0.333. The number of aliphatic hydroxyl groups excluding tert-OH is 1. The zero-order valence-electron chi connectivity index (χ0n) is 19.8. The van der Waals surface area contributed by atoms with Crippen molar-refractivity contribution in [3.8, 4) is 0 Å². The second-order valence-corrected chi connectivity index (χ2v) is 9.64. The highest BCUT2D eigenvalue weighted by molar-refractivity contribution is 6.05. The maximum atomic E-state index is 13.1. The number of hydrogen-bond donors (Lipinski definition) is 4. The molecular formula is C27H27F3N4O3. The number of hydrogen-bond acceptors (Lipinski definition) is 6. The van der Waals surface area contributed by atoms with Crippen molar-refractivity contribution in [1.29, 1.82) is 0 Å². The van der Waals surface area contributed by atoms with Crippen LogP contribution in [-0.2, 0) is 11.0 Å². The number of nitrogens with zero attached hydrogens (tertiary/aromatic N) is 2. The number of nitrogens with two attached hydrogens (primary N) is 1. The van der Waals surface area contributed by atoms with Crippen molar-refractivity contribution in [3.05, 3.63) is 88.9 Å². The fourth-order valence-corrected chi connectivity index (χ4v) is 5.44. The van der Waals surface area contributed by atoms with Crippen LogP contribution in [0.5, 0.6) is 0 Å². The lowest BCUT2D eigenvalue weighted by atomic mass is 9.79. The van der Waals surface area contributed by atoms with Gasteiger partial charge < -0.3 is 26.2 Å². The number of halogens is 3. The van der Waals surface area contributed by atoms with E-state index in [0.29, 0.717) is 29.9 Å². The highest BCUT2D eigenvalue weighted by atomic mass is 19.4. The van der Waals surface area contributed by atoms with Crippen LogP contribution in [0.2, 0.25) is 0 Å². The maximum Gasteiger partial charge on any atom is 0.416 e. The molecule has 0 saturated heterocycles. The van der Waals surface area contributed by atoms with E-state index in [1.807, 2.05) is 11.1 Å². The standard InChI is InChI=1S/C27H27F3N4O3/c28-27(29,30)20-6-2-3-17(14-20)23(35)16-9-7-15(8-10-16)21-22-24(31)32-11-12-34(22)25(33-21)18-4-1-5-19(13-18)26(36)37/h2-3,6-12,14,18-19,23,25,33,35H,1,4-5,13H2,(H2,31,32)(H,36,37)/t18?,19-,23-,25?/m0/s1. The molecule has 194 valence electrons. The van der Waals surface area contributed by atoms with Gasteiger partial charge in [-0.2, -0.15) is 13.2 Å². The minimum Gasteiger partial charge on any atom is -0.481 e. The molecule has 2 aromatic rings. The Hall–Kier alpha value is -3.79. The summed E-state index contributed by atoms with van der Waals surface area (Å²) in [6, 6.07) is 11.5. The summed E-state index contributed by atoms with van der Waals surface area (Å²) in [5.74, 6) is -0.753. The van der Waals surface area contributed by atoms with E-state index in [2.05, 4.69) is 10.3 Å². The molecule has 0 amide bonds. The van der Waals surface area contributed by atoms with E-state index in [1.165, 1.54) is 12.1 Å². The molecule has 2 aliphatic heterocycles. The molecule has 1 saturated carbocycles. The number of fused-ring (bicyclic) bond motifs is 1. The first-order valence-corrected chi connectivity index (χ1v) is 12.1. The van der Waals surface area contributed by atoms with Crippen LogP contribution < -0.4 is 11.1 Å². The first kappa shape index (κ1) is 24.9. The molecule has 5 N–H and O–H groups in total. The lowest BCUT2D eigenvalue weighted by Crippen LogP contribution is -2.45. The van der Waals surface area contributed by atoms with E-state index in [4.69, 9.17) is 5.73 Å². The lowest BCUT2D eigenvalue weighted by molar-refractivity contribution is -0.143. The van der Waals surface area contributed by atoms with E-state index in [1.54, 1.807) is 30.5 Å². The van der Waals surface area contributed by atoms with Gasteiger partial charge in [-0.25, -0.2) is 4.99 Å². The Morgan fingerprint density at radius 1 is 1.14 bits per heavy atom. The van der Waals surface area contributed by atoms with Gasteiger partial charge in [0.05, 0.1) is 17.2 Å². The van der Waals surface area contributed by atoms with Gasteiger partial charge in [0.2, 0.25) is 0 Å². The third kappa shape index (κ3) is 4.81. The summed E-state index contributed by atoms with van der Waals surface area (Å²) >= 11 is 0. The van der Waals surface area contributed by atoms with Crippen LogP contribution in [0.25, 0.3) is 5.70 Å². The predicted molar refractivity (Wildman–Crippen MR) is 131 cm³/mol. The van der Waals surface area contributed by atoms with Crippen molar-refractivity contribution in [3.63, 3.8) is 0 Å². The van der Waals surface area contributed by atoms with E-state index in [0.717, 1.165) is 36.2 Å². The molecule has 7 nitrogen and oxygen atoms in total. The number of rotatable bonds is 5. The third-order valence-electron chi connectivity index (χ3n) is 7.33. The molecule has 1 aliphatic carbocycles. The molecule has 5 rings (SSSR count). The Balaban J connectivity index is 1.41. The summed E-state index contributed by atoms with van der Waals surface area (Å²) in [6.07, 6.45) is 0.455. The van der Waals surface area contributed by atoms with Gasteiger partial charge in [0.1, 0.15) is 23.8 Å². The summed E-state index contributed by atoms with van der Waals surface area (Å²) in [5.41, 5.74) is 8.21. The second kappa shape index (κ2) is 9.59. The number of carboxylic acids is 1. The first-order chi connectivity index (χ1) is 17.6. The molecule has 0 radical (unpaired) electrons. The largest absolute Gasteiger partial charge is 0.481 e. The molecule has 2 aromatic carbocycles. The van der Waals surface area contributed by atoms with Gasteiger partial charge in [-0.1, -0.05) is 42.8 Å². The summed E-state index contributed by atoms with van der Waals surface area (Å²) in [5, 5.41) is 23.8. The zero-order valence-corrected chi connectivity index (χ0v) is 19.8. The van der Waals surface area contributed by atoms with Crippen LogP contribution in [0.4, 0.5) is 13.2 Å². The molecule has 2 heterocycles. The van der Waals surface area contributed by atoms with E-state index in [-0.39, 0.29) is 23.6 Å². The molecule has 37 heavy (non-hydrogen) atoms. The number of aliphatic hydroxyl groups is 1. The van der Waals surface area contributed by atoms with Gasteiger partial charge in [-0.3, -0.25) is 4.79 Å². The quantitative estimate of drug-likeness (QED) is 0.472. The number of alkyl halides is 3. The molecule has 2 unspecified atom stereocenters. The third-order valence-corrected chi connectivity index (χ3v) is 7.33. The van der Waals surface area contributed by atoms with Crippen LogP contribution in [0.15, 0.2) is 71.6 Å². The SMILES string of the molecule is NC1=NC=CN2C1=C(c1ccc([C@H](O)c3cccc(C(F)(F)F)c3)cc1)NC2C1CCC[C@H](C(=O)O)C1. The van der Waals surface area contributed by atoms with E-state index < -0.39 is 23.8 Å². The molecule has 1 fully saturated rings. The van der Waals surface area contributed by atoms with Crippen molar-refractivity contribution in [2.75, 3.05) is 0 Å². The van der Waals surface area contributed by atoms with E-state index in [9.17, 15) is 28.2 Å². The van der Waals surface area contributed by atoms with Crippen LogP contribution in [-0.4, -0.2) is 33.1 Å². The monoisotopic (exact) mass is 512 g/mol. The fourth-order valence-electron chi connectivity index (χ4n) is 5.44. The normalized spacial score (nSPS) is 24.4. The predicted octanol–water partition coefficient (Wildman–Crippen LogP) is 4.42. The van der Waals surface area contributed by atoms with Gasteiger partial charge in [0, 0.05) is 12.4 Å². The molecule has 10 heteroatoms. The second-order valence-electron chi connectivity index (χ2n) is 9.64. The summed E-state index contributed by atoms with van der Waals surface area (Å²) < 4.78 is 39.3. The average Bonchev–Trinajstić information content (AvgIpc) is 3.29.